The lowest BCUT2D eigenvalue weighted by Crippen LogP contribution is -2.21. The van der Waals surface area contributed by atoms with Crippen molar-refractivity contribution in [2.75, 3.05) is 20.6 Å². The van der Waals surface area contributed by atoms with Crippen molar-refractivity contribution in [1.29, 1.82) is 0 Å². The normalized spacial score (nSPS) is 13.1. The maximum atomic E-state index is 9.91. The van der Waals surface area contributed by atoms with Crippen LogP contribution in [0.1, 0.15) is 18.2 Å². The Kier molecular flexibility index (Phi) is 4.99. The molecule has 0 saturated heterocycles. The number of aliphatic hydroxyl groups excluding tert-OH is 1. The van der Waals surface area contributed by atoms with E-state index in [9.17, 15) is 5.11 Å². The van der Waals surface area contributed by atoms with Gasteiger partial charge in [0.05, 0.1) is 23.5 Å². The molecule has 0 fully saturated rings. The molecule has 0 aliphatic carbocycles. The van der Waals surface area contributed by atoms with E-state index in [1.165, 1.54) is 0 Å². The molecule has 0 aliphatic rings. The zero-order valence-electron chi connectivity index (χ0n) is 9.73. The van der Waals surface area contributed by atoms with Crippen LogP contribution in [0.4, 0.5) is 0 Å². The van der Waals surface area contributed by atoms with Gasteiger partial charge in [-0.05, 0) is 20.5 Å². The molecule has 16 heavy (non-hydrogen) atoms. The smallest absolute Gasteiger partial charge is 0.101 e. The number of aromatic nitrogens is 2. The predicted molar refractivity (Wildman–Crippen MR) is 65.6 cm³/mol. The van der Waals surface area contributed by atoms with Crippen molar-refractivity contribution in [2.24, 2.45) is 0 Å². The van der Waals surface area contributed by atoms with Gasteiger partial charge in [-0.3, -0.25) is 4.68 Å². The van der Waals surface area contributed by atoms with Crippen LogP contribution < -0.4 is 0 Å². The van der Waals surface area contributed by atoms with Gasteiger partial charge in [0.2, 0.25) is 0 Å². The zero-order valence-corrected chi connectivity index (χ0v) is 10.5. The quantitative estimate of drug-likeness (QED) is 0.774. The molecule has 0 bridgehead atoms. The van der Waals surface area contributed by atoms with Crippen LogP contribution in [0.5, 0.6) is 0 Å². The van der Waals surface area contributed by atoms with Crippen LogP contribution in [0.15, 0.2) is 18.9 Å². The number of nitrogens with zero attached hydrogens (tertiary/aromatic N) is 3. The maximum Gasteiger partial charge on any atom is 0.101 e. The zero-order chi connectivity index (χ0) is 12.1. The maximum absolute atomic E-state index is 9.91. The highest BCUT2D eigenvalue weighted by Gasteiger charge is 2.16. The standard InChI is InChI=1S/C11H18ClN3O/c1-4-5-10(16)11-9(12)8-13-15(11)7-6-14(2)3/h4,8,10,16H,1,5-7H2,2-3H3. The molecule has 0 spiro atoms. The van der Waals surface area contributed by atoms with E-state index in [-0.39, 0.29) is 0 Å². The fraction of sp³-hybridized carbons (Fsp3) is 0.545. The van der Waals surface area contributed by atoms with Gasteiger partial charge in [-0.15, -0.1) is 6.58 Å². The molecule has 5 heteroatoms. The average Bonchev–Trinajstić information content (AvgIpc) is 2.57. The second-order valence-corrected chi connectivity index (χ2v) is 4.35. The van der Waals surface area contributed by atoms with E-state index < -0.39 is 6.10 Å². The number of likely N-dealkylation sites (N-methyl/N-ethyl adjacent to an activating group) is 1. The molecule has 1 rings (SSSR count). The summed E-state index contributed by atoms with van der Waals surface area (Å²) in [6.07, 6.45) is 3.09. The summed E-state index contributed by atoms with van der Waals surface area (Å²) in [6, 6.07) is 0. The second-order valence-electron chi connectivity index (χ2n) is 3.94. The van der Waals surface area contributed by atoms with Crippen molar-refractivity contribution in [3.63, 3.8) is 0 Å². The minimum Gasteiger partial charge on any atom is -0.386 e. The van der Waals surface area contributed by atoms with Crippen LogP contribution >= 0.6 is 11.6 Å². The van der Waals surface area contributed by atoms with Crippen LogP contribution in [-0.2, 0) is 6.54 Å². The Morgan fingerprint density at radius 3 is 2.94 bits per heavy atom. The van der Waals surface area contributed by atoms with Crippen molar-refractivity contribution in [3.05, 3.63) is 29.6 Å². The van der Waals surface area contributed by atoms with Gasteiger partial charge < -0.3 is 10.0 Å². The van der Waals surface area contributed by atoms with E-state index >= 15 is 0 Å². The lowest BCUT2D eigenvalue weighted by atomic mass is 10.2. The van der Waals surface area contributed by atoms with Gasteiger partial charge in [0.15, 0.2) is 0 Å². The molecule has 0 aliphatic heterocycles. The van der Waals surface area contributed by atoms with Crippen LogP contribution in [-0.4, -0.2) is 40.4 Å². The third-order valence-electron chi connectivity index (χ3n) is 2.30. The Bertz CT molecular complexity index is 349. The van der Waals surface area contributed by atoms with Crippen LogP contribution in [0.2, 0.25) is 5.02 Å². The van der Waals surface area contributed by atoms with Gasteiger partial charge in [0, 0.05) is 6.54 Å². The van der Waals surface area contributed by atoms with Crippen LogP contribution in [0, 0.1) is 0 Å². The monoisotopic (exact) mass is 243 g/mol. The van der Waals surface area contributed by atoms with Crippen molar-refractivity contribution >= 4 is 11.6 Å². The summed E-state index contributed by atoms with van der Waals surface area (Å²) in [7, 11) is 3.98. The molecule has 1 atom stereocenters. The minimum atomic E-state index is -0.630. The summed E-state index contributed by atoms with van der Waals surface area (Å²) in [6.45, 7) is 5.17. The Balaban J connectivity index is 2.80. The van der Waals surface area contributed by atoms with E-state index in [1.54, 1.807) is 17.0 Å². The van der Waals surface area contributed by atoms with Gasteiger partial charge >= 0.3 is 0 Å². The summed E-state index contributed by atoms with van der Waals surface area (Å²) < 4.78 is 1.75. The number of hydrogen-bond donors (Lipinski definition) is 1. The highest BCUT2D eigenvalue weighted by Crippen LogP contribution is 2.25. The molecule has 1 aromatic rings. The summed E-state index contributed by atoms with van der Waals surface area (Å²) in [5.41, 5.74) is 0.670. The lowest BCUT2D eigenvalue weighted by Gasteiger charge is -2.14. The Morgan fingerprint density at radius 1 is 1.69 bits per heavy atom. The molecule has 90 valence electrons. The Labute approximate surface area is 101 Å². The van der Waals surface area contributed by atoms with Crippen molar-refractivity contribution in [3.8, 4) is 0 Å². The predicted octanol–water partition coefficient (Wildman–Crippen LogP) is 1.71. The molecule has 4 nitrogen and oxygen atoms in total. The molecule has 1 aromatic heterocycles. The molecule has 1 heterocycles. The minimum absolute atomic E-state index is 0.480. The third kappa shape index (κ3) is 3.33. The average molecular weight is 244 g/mol. The molecule has 1 unspecified atom stereocenters. The summed E-state index contributed by atoms with van der Waals surface area (Å²) in [5, 5.41) is 14.6. The first kappa shape index (κ1) is 13.2. The lowest BCUT2D eigenvalue weighted by molar-refractivity contribution is 0.168. The van der Waals surface area contributed by atoms with Crippen LogP contribution in [0.3, 0.4) is 0 Å². The number of halogens is 1. The Morgan fingerprint density at radius 2 is 2.38 bits per heavy atom. The first-order chi connectivity index (χ1) is 7.56. The van der Waals surface area contributed by atoms with E-state index in [2.05, 4.69) is 16.6 Å². The first-order valence-corrected chi connectivity index (χ1v) is 5.59. The highest BCUT2D eigenvalue weighted by molar-refractivity contribution is 6.31. The number of hydrogen-bond acceptors (Lipinski definition) is 3. The van der Waals surface area contributed by atoms with E-state index in [1.807, 2.05) is 14.1 Å². The fourth-order valence-electron chi connectivity index (χ4n) is 1.45. The Hall–Kier alpha value is -0.840. The first-order valence-electron chi connectivity index (χ1n) is 5.21. The third-order valence-corrected chi connectivity index (χ3v) is 2.59. The topological polar surface area (TPSA) is 41.3 Å². The molecule has 0 radical (unpaired) electrons. The summed E-state index contributed by atoms with van der Waals surface area (Å²) in [4.78, 5) is 2.05. The van der Waals surface area contributed by atoms with Gasteiger partial charge in [0.1, 0.15) is 6.10 Å². The van der Waals surface area contributed by atoms with Crippen LogP contribution in [0.25, 0.3) is 0 Å². The molecule has 0 aromatic carbocycles. The second kappa shape index (κ2) is 6.03. The number of aliphatic hydroxyl groups is 1. The molecule has 0 amide bonds. The van der Waals surface area contributed by atoms with Gasteiger partial charge in [-0.2, -0.15) is 5.10 Å². The summed E-state index contributed by atoms with van der Waals surface area (Å²) >= 11 is 6.00. The van der Waals surface area contributed by atoms with E-state index in [4.69, 9.17) is 11.6 Å². The summed E-state index contributed by atoms with van der Waals surface area (Å²) in [5.74, 6) is 0. The van der Waals surface area contributed by atoms with Gasteiger partial charge in [-0.1, -0.05) is 17.7 Å². The van der Waals surface area contributed by atoms with Crippen molar-refractivity contribution in [2.45, 2.75) is 19.1 Å². The van der Waals surface area contributed by atoms with Gasteiger partial charge in [-0.25, -0.2) is 0 Å². The van der Waals surface area contributed by atoms with E-state index in [0.717, 1.165) is 6.54 Å². The van der Waals surface area contributed by atoms with E-state index in [0.29, 0.717) is 23.7 Å². The fourth-order valence-corrected chi connectivity index (χ4v) is 1.71. The molecular weight excluding hydrogens is 226 g/mol. The number of rotatable bonds is 6. The molecular formula is C11H18ClN3O. The van der Waals surface area contributed by atoms with Crippen molar-refractivity contribution in [1.82, 2.24) is 14.7 Å². The molecule has 0 saturated carbocycles. The SMILES string of the molecule is C=CCC(O)c1c(Cl)cnn1CCN(C)C. The van der Waals surface area contributed by atoms with Gasteiger partial charge in [0.25, 0.3) is 0 Å². The van der Waals surface area contributed by atoms with Crippen molar-refractivity contribution < 1.29 is 5.11 Å². The highest BCUT2D eigenvalue weighted by atomic mass is 35.5. The molecule has 1 N–H and O–H groups in total. The largest absolute Gasteiger partial charge is 0.386 e.